The van der Waals surface area contributed by atoms with Gasteiger partial charge in [-0.25, -0.2) is 0 Å². The molecule has 202 valence electrons. The summed E-state index contributed by atoms with van der Waals surface area (Å²) in [5.41, 5.74) is 6.00. The third-order valence-electron chi connectivity index (χ3n) is 8.47. The Morgan fingerprint density at radius 2 is 0.953 bits per heavy atom. The van der Waals surface area contributed by atoms with Crippen LogP contribution in [0.1, 0.15) is 0 Å². The molecule has 0 fully saturated rings. The van der Waals surface area contributed by atoms with Crippen LogP contribution >= 0.6 is 22.7 Å². The number of thiophene rings is 2. The van der Waals surface area contributed by atoms with Gasteiger partial charge in [0, 0.05) is 62.5 Å². The Bertz CT molecular complexity index is 2480. The fourth-order valence-electron chi connectivity index (χ4n) is 6.52. The van der Waals surface area contributed by atoms with Crippen LogP contribution in [0, 0.1) is 0 Å². The molecule has 9 aromatic rings. The van der Waals surface area contributed by atoms with Crippen molar-refractivity contribution in [3.05, 3.63) is 152 Å². The summed E-state index contributed by atoms with van der Waals surface area (Å²) in [4.78, 5) is 2.47. The Labute approximate surface area is 257 Å². The molecule has 0 saturated carbocycles. The summed E-state index contributed by atoms with van der Waals surface area (Å²) in [6, 6.07) is 55.4. The van der Waals surface area contributed by atoms with Crippen LogP contribution in [0.5, 0.6) is 0 Å². The predicted octanol–water partition coefficient (Wildman–Crippen LogP) is 12.7. The van der Waals surface area contributed by atoms with Crippen molar-refractivity contribution in [1.29, 1.82) is 0 Å². The number of hydrogen-bond donors (Lipinski definition) is 0. The molecule has 9 rings (SSSR count). The average molecular weight is 584 g/mol. The van der Waals surface area contributed by atoms with E-state index in [1.807, 2.05) is 22.7 Å². The largest absolute Gasteiger partial charge is 0.309 e. The molecule has 0 aliphatic heterocycles. The first-order valence-electron chi connectivity index (χ1n) is 14.5. The third kappa shape index (κ3) is 3.90. The second kappa shape index (κ2) is 9.81. The van der Waals surface area contributed by atoms with E-state index >= 15 is 0 Å². The molecule has 0 aliphatic rings. The van der Waals surface area contributed by atoms with Crippen molar-refractivity contribution in [3.63, 3.8) is 0 Å². The van der Waals surface area contributed by atoms with Crippen molar-refractivity contribution in [2.45, 2.75) is 0 Å². The van der Waals surface area contributed by atoms with Gasteiger partial charge in [0.2, 0.25) is 0 Å². The van der Waals surface area contributed by atoms with Gasteiger partial charge in [0.1, 0.15) is 0 Å². The summed E-state index contributed by atoms with van der Waals surface area (Å²) in [6.45, 7) is 0. The van der Waals surface area contributed by atoms with Crippen LogP contribution in [0.4, 0.5) is 17.1 Å². The summed E-state index contributed by atoms with van der Waals surface area (Å²) < 4.78 is 5.27. The molecule has 0 atom stereocenters. The van der Waals surface area contributed by atoms with E-state index in [1.54, 1.807) is 0 Å². The highest BCUT2D eigenvalue weighted by Gasteiger charge is 2.21. The molecule has 2 aromatic heterocycles. The van der Waals surface area contributed by atoms with Gasteiger partial charge < -0.3 is 4.90 Å². The smallest absolute Gasteiger partial charge is 0.0540 e. The summed E-state index contributed by atoms with van der Waals surface area (Å²) in [6.07, 6.45) is 0. The van der Waals surface area contributed by atoms with Crippen LogP contribution in [0.3, 0.4) is 0 Å². The maximum Gasteiger partial charge on any atom is 0.0540 e. The van der Waals surface area contributed by atoms with Crippen LogP contribution in [-0.2, 0) is 0 Å². The molecule has 0 spiro atoms. The van der Waals surface area contributed by atoms with Crippen molar-refractivity contribution in [3.8, 4) is 11.1 Å². The van der Waals surface area contributed by atoms with Gasteiger partial charge >= 0.3 is 0 Å². The lowest BCUT2D eigenvalue weighted by Crippen LogP contribution is -2.11. The molecule has 2 heterocycles. The SMILES string of the molecule is c1ccc(N(c2ccc3c(c2)sc2ccccc23)c2cccc3ccccc23)c(-c2cccc3c2sc2ccccc23)c1. The standard InChI is InChI=1S/C40H25NS2/c1-2-13-28-26(11-1)12-9-20-35(28)41(27-23-24-32-30-15-4-7-21-37(30)42-39(32)25-27)36-19-6-3-14-29(36)33-17-10-18-34-31-16-5-8-22-38(31)43-40(33)34/h1-25H. The number of fused-ring (bicyclic) bond motifs is 7. The zero-order valence-electron chi connectivity index (χ0n) is 23.2. The van der Waals surface area contributed by atoms with Crippen molar-refractivity contribution >= 4 is 90.9 Å². The van der Waals surface area contributed by atoms with Crippen LogP contribution in [0.15, 0.2) is 152 Å². The van der Waals surface area contributed by atoms with Gasteiger partial charge in [0.15, 0.2) is 0 Å². The minimum absolute atomic E-state index is 1.16. The Morgan fingerprint density at radius 1 is 0.372 bits per heavy atom. The molecule has 1 nitrogen and oxygen atoms in total. The van der Waals surface area contributed by atoms with Gasteiger partial charge in [-0.05, 0) is 41.8 Å². The molecule has 0 N–H and O–H groups in total. The van der Waals surface area contributed by atoms with Crippen molar-refractivity contribution in [1.82, 2.24) is 0 Å². The molecule has 43 heavy (non-hydrogen) atoms. The van der Waals surface area contributed by atoms with E-state index in [2.05, 4.69) is 157 Å². The Kier molecular flexibility index (Phi) is 5.62. The maximum absolute atomic E-state index is 2.47. The van der Waals surface area contributed by atoms with E-state index in [4.69, 9.17) is 0 Å². The molecule has 0 saturated heterocycles. The lowest BCUT2D eigenvalue weighted by atomic mass is 9.99. The minimum atomic E-state index is 1.16. The summed E-state index contributed by atoms with van der Waals surface area (Å²) >= 11 is 3.75. The molecule has 7 aromatic carbocycles. The zero-order chi connectivity index (χ0) is 28.3. The van der Waals surface area contributed by atoms with Crippen LogP contribution in [0.2, 0.25) is 0 Å². The normalized spacial score (nSPS) is 11.7. The molecule has 0 bridgehead atoms. The fourth-order valence-corrected chi connectivity index (χ4v) is 8.89. The molecule has 0 aliphatic carbocycles. The van der Waals surface area contributed by atoms with Gasteiger partial charge in [-0.3, -0.25) is 0 Å². The number of nitrogens with zero attached hydrogens (tertiary/aromatic N) is 1. The minimum Gasteiger partial charge on any atom is -0.309 e. The first-order valence-corrected chi connectivity index (χ1v) is 16.2. The number of para-hydroxylation sites is 1. The van der Waals surface area contributed by atoms with E-state index in [0.29, 0.717) is 0 Å². The van der Waals surface area contributed by atoms with Gasteiger partial charge in [-0.2, -0.15) is 0 Å². The van der Waals surface area contributed by atoms with Gasteiger partial charge in [-0.1, -0.05) is 115 Å². The van der Waals surface area contributed by atoms with Crippen LogP contribution in [0.25, 0.3) is 62.2 Å². The number of anilines is 3. The van der Waals surface area contributed by atoms with E-state index in [0.717, 1.165) is 5.69 Å². The Hall–Kier alpha value is -4.96. The van der Waals surface area contributed by atoms with Crippen molar-refractivity contribution in [2.75, 3.05) is 4.90 Å². The van der Waals surface area contributed by atoms with Gasteiger partial charge in [0.25, 0.3) is 0 Å². The van der Waals surface area contributed by atoms with Gasteiger partial charge in [-0.15, -0.1) is 22.7 Å². The average Bonchev–Trinajstić information content (AvgIpc) is 3.63. The topological polar surface area (TPSA) is 3.24 Å². The van der Waals surface area contributed by atoms with E-state index in [1.165, 1.54) is 73.6 Å². The lowest BCUT2D eigenvalue weighted by molar-refractivity contribution is 1.31. The highest BCUT2D eigenvalue weighted by Crippen LogP contribution is 2.48. The molecule has 3 heteroatoms. The van der Waals surface area contributed by atoms with Gasteiger partial charge in [0.05, 0.1) is 11.4 Å². The Balaban J connectivity index is 1.34. The van der Waals surface area contributed by atoms with Crippen LogP contribution in [-0.4, -0.2) is 0 Å². The highest BCUT2D eigenvalue weighted by atomic mass is 32.1. The highest BCUT2D eigenvalue weighted by molar-refractivity contribution is 7.26. The van der Waals surface area contributed by atoms with E-state index in [-0.39, 0.29) is 0 Å². The third-order valence-corrected chi connectivity index (χ3v) is 10.8. The number of hydrogen-bond acceptors (Lipinski definition) is 3. The first kappa shape index (κ1) is 24.6. The second-order valence-electron chi connectivity index (χ2n) is 10.9. The summed E-state index contributed by atoms with van der Waals surface area (Å²) in [7, 11) is 0. The van der Waals surface area contributed by atoms with Crippen molar-refractivity contribution < 1.29 is 0 Å². The maximum atomic E-state index is 2.47. The summed E-state index contributed by atoms with van der Waals surface area (Å²) in [5, 5.41) is 7.74. The summed E-state index contributed by atoms with van der Waals surface area (Å²) in [5.74, 6) is 0. The monoisotopic (exact) mass is 583 g/mol. The second-order valence-corrected chi connectivity index (χ2v) is 13.0. The molecule has 0 radical (unpaired) electrons. The van der Waals surface area contributed by atoms with Crippen LogP contribution < -0.4 is 4.90 Å². The fraction of sp³-hybridized carbons (Fsp3) is 0. The predicted molar refractivity (Wildman–Crippen MR) is 190 cm³/mol. The number of benzene rings is 7. The van der Waals surface area contributed by atoms with E-state index in [9.17, 15) is 0 Å². The molecular weight excluding hydrogens is 559 g/mol. The molecule has 0 unspecified atom stereocenters. The van der Waals surface area contributed by atoms with Crippen molar-refractivity contribution in [2.24, 2.45) is 0 Å². The molecular formula is C40H25NS2. The Morgan fingerprint density at radius 3 is 1.84 bits per heavy atom. The zero-order valence-corrected chi connectivity index (χ0v) is 24.8. The molecule has 0 amide bonds. The lowest BCUT2D eigenvalue weighted by Gasteiger charge is -2.29. The first-order chi connectivity index (χ1) is 21.3. The quantitative estimate of drug-likeness (QED) is 0.199. The number of rotatable bonds is 4. The van der Waals surface area contributed by atoms with E-state index < -0.39 is 0 Å².